The normalized spacial score (nSPS) is 10.8. The van der Waals surface area contributed by atoms with Crippen LogP contribution in [0.1, 0.15) is 43.2 Å². The maximum absolute atomic E-state index is 11.1. The molecule has 1 aromatic rings. The summed E-state index contributed by atoms with van der Waals surface area (Å²) in [5, 5.41) is 12.3. The molecule has 1 aromatic heterocycles. The molecule has 0 aliphatic carbocycles. The molecular weight excluding hydrogens is 254 g/mol. The fraction of sp³-hybridized carbons (Fsp3) is 0.600. The summed E-state index contributed by atoms with van der Waals surface area (Å²) in [4.78, 5) is 17.9. The van der Waals surface area contributed by atoms with E-state index in [0.717, 1.165) is 44.7 Å². The predicted molar refractivity (Wildman–Crippen MR) is 81.5 cm³/mol. The van der Waals surface area contributed by atoms with Gasteiger partial charge in [0.15, 0.2) is 0 Å². The Morgan fingerprint density at radius 1 is 1.30 bits per heavy atom. The number of carboxylic acids is 1. The van der Waals surface area contributed by atoms with Crippen molar-refractivity contribution in [1.82, 2.24) is 9.88 Å². The van der Waals surface area contributed by atoms with Crippen molar-refractivity contribution in [1.29, 1.82) is 0 Å². The molecule has 5 nitrogen and oxygen atoms in total. The van der Waals surface area contributed by atoms with Crippen LogP contribution in [0.5, 0.6) is 0 Å². The lowest BCUT2D eigenvalue weighted by molar-refractivity contribution is 0.0696. The van der Waals surface area contributed by atoms with E-state index in [0.29, 0.717) is 11.4 Å². The molecule has 0 saturated heterocycles. The molecule has 0 radical (unpaired) electrons. The quantitative estimate of drug-likeness (QED) is 0.727. The monoisotopic (exact) mass is 279 g/mol. The third-order valence-electron chi connectivity index (χ3n) is 3.26. The molecule has 20 heavy (non-hydrogen) atoms. The topological polar surface area (TPSA) is 65.5 Å². The molecule has 0 aliphatic heterocycles. The zero-order valence-electron chi connectivity index (χ0n) is 12.6. The highest BCUT2D eigenvalue weighted by Gasteiger charge is 2.08. The van der Waals surface area contributed by atoms with Crippen LogP contribution in [-0.2, 0) is 6.42 Å². The van der Waals surface area contributed by atoms with E-state index in [-0.39, 0.29) is 0 Å². The number of aryl methyl sites for hydroxylation is 1. The first-order valence-corrected chi connectivity index (χ1v) is 7.31. The fourth-order valence-corrected chi connectivity index (χ4v) is 2.07. The van der Waals surface area contributed by atoms with Gasteiger partial charge in [0.2, 0.25) is 0 Å². The molecule has 2 N–H and O–H groups in total. The van der Waals surface area contributed by atoms with Gasteiger partial charge in [-0.25, -0.2) is 9.78 Å². The van der Waals surface area contributed by atoms with E-state index in [1.54, 1.807) is 12.1 Å². The number of pyridine rings is 1. The van der Waals surface area contributed by atoms with Crippen LogP contribution < -0.4 is 5.32 Å². The molecule has 0 aliphatic rings. The highest BCUT2D eigenvalue weighted by Crippen LogP contribution is 2.12. The zero-order valence-corrected chi connectivity index (χ0v) is 12.6. The van der Waals surface area contributed by atoms with Crippen LogP contribution in [0.3, 0.4) is 0 Å². The molecule has 0 saturated carbocycles. The van der Waals surface area contributed by atoms with Crippen LogP contribution >= 0.6 is 0 Å². The lowest BCUT2D eigenvalue weighted by Gasteiger charge is -2.18. The highest BCUT2D eigenvalue weighted by molar-refractivity contribution is 5.88. The van der Waals surface area contributed by atoms with E-state index < -0.39 is 5.97 Å². The first kappa shape index (κ1) is 16.4. The molecule has 0 bridgehead atoms. The van der Waals surface area contributed by atoms with Gasteiger partial charge in [-0.15, -0.1) is 0 Å². The van der Waals surface area contributed by atoms with Crippen molar-refractivity contribution in [2.24, 2.45) is 0 Å². The van der Waals surface area contributed by atoms with Crippen molar-refractivity contribution >= 4 is 11.8 Å². The molecule has 0 fully saturated rings. The second-order valence-corrected chi connectivity index (χ2v) is 4.74. The van der Waals surface area contributed by atoms with E-state index in [4.69, 9.17) is 5.11 Å². The summed E-state index contributed by atoms with van der Waals surface area (Å²) < 4.78 is 0. The molecule has 5 heteroatoms. The molecule has 112 valence electrons. The summed E-state index contributed by atoms with van der Waals surface area (Å²) in [5.74, 6) is -0.253. The Labute approximate surface area is 121 Å². The van der Waals surface area contributed by atoms with Crippen molar-refractivity contribution in [3.05, 3.63) is 23.4 Å². The third kappa shape index (κ3) is 5.17. The second kappa shape index (κ2) is 8.53. The molecule has 0 atom stereocenters. The molecular formula is C15H25N3O2. The summed E-state index contributed by atoms with van der Waals surface area (Å²) in [6.45, 7) is 10.0. The van der Waals surface area contributed by atoms with E-state index in [1.807, 2.05) is 0 Å². The SMILES string of the molecule is CCCc1cc(C(=O)O)cc(NCCN(CC)CC)n1. The average Bonchev–Trinajstić information content (AvgIpc) is 2.44. The maximum Gasteiger partial charge on any atom is 0.335 e. The first-order valence-electron chi connectivity index (χ1n) is 7.31. The third-order valence-corrected chi connectivity index (χ3v) is 3.26. The number of hydrogen-bond donors (Lipinski definition) is 2. The van der Waals surface area contributed by atoms with Gasteiger partial charge in [-0.2, -0.15) is 0 Å². The Bertz CT molecular complexity index is 431. The van der Waals surface area contributed by atoms with Gasteiger partial charge in [-0.1, -0.05) is 27.2 Å². The van der Waals surface area contributed by atoms with E-state index in [2.05, 4.69) is 36.0 Å². The lowest BCUT2D eigenvalue weighted by atomic mass is 10.1. The van der Waals surface area contributed by atoms with Gasteiger partial charge >= 0.3 is 5.97 Å². The van der Waals surface area contributed by atoms with E-state index in [9.17, 15) is 4.79 Å². The van der Waals surface area contributed by atoms with Crippen molar-refractivity contribution < 1.29 is 9.90 Å². The van der Waals surface area contributed by atoms with Gasteiger partial charge in [0.05, 0.1) is 5.56 Å². The molecule has 1 rings (SSSR count). The van der Waals surface area contributed by atoms with Gasteiger partial charge in [-0.3, -0.25) is 0 Å². The summed E-state index contributed by atoms with van der Waals surface area (Å²) in [5.41, 5.74) is 1.13. The van der Waals surface area contributed by atoms with Crippen molar-refractivity contribution in [3.8, 4) is 0 Å². The van der Waals surface area contributed by atoms with Crippen LogP contribution in [0, 0.1) is 0 Å². The van der Waals surface area contributed by atoms with Gasteiger partial charge in [0, 0.05) is 18.8 Å². The van der Waals surface area contributed by atoms with Gasteiger partial charge in [0.1, 0.15) is 5.82 Å². The molecule has 0 spiro atoms. The number of hydrogen-bond acceptors (Lipinski definition) is 4. The number of anilines is 1. The lowest BCUT2D eigenvalue weighted by Crippen LogP contribution is -2.28. The number of rotatable bonds is 9. The largest absolute Gasteiger partial charge is 0.478 e. The van der Waals surface area contributed by atoms with Crippen molar-refractivity contribution in [2.75, 3.05) is 31.5 Å². The van der Waals surface area contributed by atoms with Crippen LogP contribution in [-0.4, -0.2) is 47.1 Å². The number of likely N-dealkylation sites (N-methyl/N-ethyl adjacent to an activating group) is 1. The summed E-state index contributed by atoms with van der Waals surface area (Å²) in [7, 11) is 0. The number of nitrogens with one attached hydrogen (secondary N) is 1. The Morgan fingerprint density at radius 3 is 2.55 bits per heavy atom. The number of aromatic carboxylic acids is 1. The van der Waals surface area contributed by atoms with E-state index in [1.165, 1.54) is 0 Å². The second-order valence-electron chi connectivity index (χ2n) is 4.74. The minimum absolute atomic E-state index is 0.300. The fourth-order valence-electron chi connectivity index (χ4n) is 2.07. The summed E-state index contributed by atoms with van der Waals surface area (Å²) in [6.07, 6.45) is 1.75. The predicted octanol–water partition coefficient (Wildman–Crippen LogP) is 2.49. The van der Waals surface area contributed by atoms with Crippen LogP contribution in [0.4, 0.5) is 5.82 Å². The molecule has 0 amide bonds. The molecule has 0 aromatic carbocycles. The van der Waals surface area contributed by atoms with Crippen molar-refractivity contribution in [2.45, 2.75) is 33.6 Å². The average molecular weight is 279 g/mol. The zero-order chi connectivity index (χ0) is 15.0. The summed E-state index contributed by atoms with van der Waals surface area (Å²) >= 11 is 0. The highest BCUT2D eigenvalue weighted by atomic mass is 16.4. The molecule has 1 heterocycles. The standard InChI is InChI=1S/C15H25N3O2/c1-4-7-13-10-12(15(19)20)11-14(17-13)16-8-9-18(5-2)6-3/h10-11H,4-9H2,1-3H3,(H,16,17)(H,19,20). The smallest absolute Gasteiger partial charge is 0.335 e. The van der Waals surface area contributed by atoms with Crippen LogP contribution in [0.2, 0.25) is 0 Å². The van der Waals surface area contributed by atoms with Crippen molar-refractivity contribution in [3.63, 3.8) is 0 Å². The van der Waals surface area contributed by atoms with E-state index >= 15 is 0 Å². The first-order chi connectivity index (χ1) is 9.60. The van der Waals surface area contributed by atoms with Gasteiger partial charge < -0.3 is 15.3 Å². The Balaban J connectivity index is 2.70. The number of nitrogens with zero attached hydrogens (tertiary/aromatic N) is 2. The van der Waals surface area contributed by atoms with Gasteiger partial charge in [-0.05, 0) is 31.6 Å². The minimum Gasteiger partial charge on any atom is -0.478 e. The van der Waals surface area contributed by atoms with Gasteiger partial charge in [0.25, 0.3) is 0 Å². The van der Waals surface area contributed by atoms with Crippen LogP contribution in [0.15, 0.2) is 12.1 Å². The molecule has 0 unspecified atom stereocenters. The van der Waals surface area contributed by atoms with Crippen LogP contribution in [0.25, 0.3) is 0 Å². The maximum atomic E-state index is 11.1. The number of carboxylic acid groups (broad SMARTS) is 1. The Morgan fingerprint density at radius 2 is 2.00 bits per heavy atom. The Hall–Kier alpha value is -1.62. The Kier molecular flexibility index (Phi) is 7.01. The number of carbonyl (C=O) groups is 1. The number of aromatic nitrogens is 1. The summed E-state index contributed by atoms with van der Waals surface area (Å²) in [6, 6.07) is 3.26. The minimum atomic E-state index is -0.906.